The van der Waals surface area contributed by atoms with Crippen molar-refractivity contribution in [3.8, 4) is 11.4 Å². The van der Waals surface area contributed by atoms with Crippen molar-refractivity contribution < 1.29 is 4.39 Å². The second-order valence-corrected chi connectivity index (χ2v) is 4.85. The van der Waals surface area contributed by atoms with Crippen molar-refractivity contribution in [2.45, 2.75) is 13.3 Å². The quantitative estimate of drug-likeness (QED) is 0.910. The van der Waals surface area contributed by atoms with Gasteiger partial charge in [-0.1, -0.05) is 24.6 Å². The van der Waals surface area contributed by atoms with Gasteiger partial charge in [0.05, 0.1) is 20.8 Å². The smallest absolute Gasteiger partial charge is 0.164 e. The monoisotopic (exact) mass is 329 g/mol. The Morgan fingerprint density at radius 2 is 2.11 bits per heavy atom. The Bertz CT molecular complexity index is 604. The predicted molar refractivity (Wildman–Crippen MR) is 73.9 cm³/mol. The van der Waals surface area contributed by atoms with Gasteiger partial charge in [-0.25, -0.2) is 14.4 Å². The number of hydrogen-bond donors (Lipinski definition) is 1. The summed E-state index contributed by atoms with van der Waals surface area (Å²) in [5, 5.41) is 0.0376. The lowest BCUT2D eigenvalue weighted by Crippen LogP contribution is -2.03. The lowest BCUT2D eigenvalue weighted by atomic mass is 10.2. The van der Waals surface area contributed by atoms with E-state index in [1.165, 1.54) is 6.07 Å². The third-order valence-electron chi connectivity index (χ3n) is 2.47. The van der Waals surface area contributed by atoms with Gasteiger partial charge in [-0.05, 0) is 34.5 Å². The molecule has 2 rings (SSSR count). The Kier molecular flexibility index (Phi) is 3.82. The molecule has 2 N–H and O–H groups in total. The molecule has 6 heteroatoms. The fraction of sp³-hybridized carbons (Fsp3) is 0.167. The first-order chi connectivity index (χ1) is 8.54. The highest BCUT2D eigenvalue weighted by Gasteiger charge is 2.14. The molecule has 2 aromatic rings. The van der Waals surface area contributed by atoms with Gasteiger partial charge in [0.15, 0.2) is 11.6 Å². The second-order valence-electron chi connectivity index (χ2n) is 3.65. The number of halogens is 3. The second kappa shape index (κ2) is 5.20. The predicted octanol–water partition coefficient (Wildman–Crippen LogP) is 3.84. The van der Waals surface area contributed by atoms with Crippen molar-refractivity contribution in [3.63, 3.8) is 0 Å². The number of nitrogens with two attached hydrogens (primary N) is 1. The summed E-state index contributed by atoms with van der Waals surface area (Å²) < 4.78 is 14.5. The normalized spacial score (nSPS) is 10.7. The molecule has 0 unspecified atom stereocenters. The van der Waals surface area contributed by atoms with Crippen LogP contribution in [0.2, 0.25) is 5.02 Å². The van der Waals surface area contributed by atoms with Crippen LogP contribution >= 0.6 is 27.5 Å². The van der Waals surface area contributed by atoms with E-state index >= 15 is 0 Å². The number of aromatic nitrogens is 2. The lowest BCUT2D eigenvalue weighted by molar-refractivity contribution is 0.630. The number of anilines is 1. The molecular formula is C12H10BrClFN3. The molecule has 3 nitrogen and oxygen atoms in total. The molecule has 0 saturated heterocycles. The fourth-order valence-electron chi connectivity index (χ4n) is 1.54. The first-order valence-corrected chi connectivity index (χ1v) is 6.48. The van der Waals surface area contributed by atoms with Crippen LogP contribution in [-0.2, 0) is 6.42 Å². The minimum atomic E-state index is -0.539. The highest BCUT2D eigenvalue weighted by Crippen LogP contribution is 2.29. The van der Waals surface area contributed by atoms with Crippen LogP contribution < -0.4 is 5.73 Å². The maximum atomic E-state index is 13.9. The molecule has 94 valence electrons. The standard InChI is InChI=1S/C12H10BrClFN3/c1-2-8-9(13)11(16)18-12(17-8)6-4-3-5-7(14)10(6)15/h3-5H,2H2,1H3,(H2,16,17,18). The maximum Gasteiger partial charge on any atom is 0.164 e. The summed E-state index contributed by atoms with van der Waals surface area (Å²) in [5.74, 6) is -0.00767. The van der Waals surface area contributed by atoms with Gasteiger partial charge in [-0.15, -0.1) is 0 Å². The van der Waals surface area contributed by atoms with Crippen LogP contribution in [0.5, 0.6) is 0 Å². The van der Waals surface area contributed by atoms with E-state index in [1.807, 2.05) is 6.92 Å². The fourth-order valence-corrected chi connectivity index (χ4v) is 2.18. The van der Waals surface area contributed by atoms with Gasteiger partial charge < -0.3 is 5.73 Å². The zero-order valence-electron chi connectivity index (χ0n) is 9.54. The molecule has 0 bridgehead atoms. The van der Waals surface area contributed by atoms with Crippen molar-refractivity contribution >= 4 is 33.3 Å². The van der Waals surface area contributed by atoms with E-state index in [-0.39, 0.29) is 22.2 Å². The van der Waals surface area contributed by atoms with Crippen molar-refractivity contribution in [2.24, 2.45) is 0 Å². The minimum absolute atomic E-state index is 0.0376. The molecule has 0 aliphatic carbocycles. The Balaban J connectivity index is 2.64. The third-order valence-corrected chi connectivity index (χ3v) is 3.63. The molecule has 0 fully saturated rings. The molecule has 1 heterocycles. The van der Waals surface area contributed by atoms with E-state index in [0.29, 0.717) is 10.9 Å². The number of benzene rings is 1. The van der Waals surface area contributed by atoms with Crippen LogP contribution in [0.1, 0.15) is 12.6 Å². The summed E-state index contributed by atoms with van der Waals surface area (Å²) in [6.07, 6.45) is 0.669. The zero-order valence-corrected chi connectivity index (χ0v) is 11.9. The Hall–Kier alpha value is -1.20. The summed E-state index contributed by atoms with van der Waals surface area (Å²) in [6.45, 7) is 1.94. The molecule has 1 aromatic carbocycles. The Morgan fingerprint density at radius 1 is 1.39 bits per heavy atom. The van der Waals surface area contributed by atoms with Crippen molar-refractivity contribution in [2.75, 3.05) is 5.73 Å². The Morgan fingerprint density at radius 3 is 2.78 bits per heavy atom. The average molecular weight is 331 g/mol. The number of hydrogen-bond acceptors (Lipinski definition) is 3. The van der Waals surface area contributed by atoms with E-state index in [0.717, 1.165) is 5.69 Å². The summed E-state index contributed by atoms with van der Waals surface area (Å²) in [6, 6.07) is 4.70. The van der Waals surface area contributed by atoms with Crippen LogP contribution in [-0.4, -0.2) is 9.97 Å². The molecule has 0 aliphatic heterocycles. The average Bonchev–Trinajstić information content (AvgIpc) is 2.36. The van der Waals surface area contributed by atoms with E-state index in [4.69, 9.17) is 17.3 Å². The van der Waals surface area contributed by atoms with Crippen LogP contribution in [0.4, 0.5) is 10.2 Å². The number of aryl methyl sites for hydroxylation is 1. The zero-order chi connectivity index (χ0) is 13.3. The van der Waals surface area contributed by atoms with Gasteiger partial charge >= 0.3 is 0 Å². The van der Waals surface area contributed by atoms with Crippen molar-refractivity contribution in [1.29, 1.82) is 0 Å². The summed E-state index contributed by atoms with van der Waals surface area (Å²) in [4.78, 5) is 8.36. The topological polar surface area (TPSA) is 51.8 Å². The highest BCUT2D eigenvalue weighted by molar-refractivity contribution is 9.10. The van der Waals surface area contributed by atoms with E-state index in [1.54, 1.807) is 12.1 Å². The number of nitrogen functional groups attached to an aromatic ring is 1. The van der Waals surface area contributed by atoms with E-state index < -0.39 is 5.82 Å². The van der Waals surface area contributed by atoms with Crippen molar-refractivity contribution in [1.82, 2.24) is 9.97 Å². The largest absolute Gasteiger partial charge is 0.383 e. The van der Waals surface area contributed by atoms with Crippen LogP contribution in [0.15, 0.2) is 22.7 Å². The molecule has 1 aromatic heterocycles. The third kappa shape index (κ3) is 2.33. The summed E-state index contributed by atoms with van der Waals surface area (Å²) in [5.41, 5.74) is 6.75. The van der Waals surface area contributed by atoms with Gasteiger partial charge in [-0.2, -0.15) is 0 Å². The Labute approximate surface area is 117 Å². The molecule has 0 aliphatic rings. The number of nitrogens with zero attached hydrogens (tertiary/aromatic N) is 2. The van der Waals surface area contributed by atoms with E-state index in [9.17, 15) is 4.39 Å². The molecule has 0 atom stereocenters. The molecule has 0 amide bonds. The van der Waals surface area contributed by atoms with Crippen molar-refractivity contribution in [3.05, 3.63) is 39.2 Å². The van der Waals surface area contributed by atoms with Gasteiger partial charge in [0.1, 0.15) is 5.82 Å². The van der Waals surface area contributed by atoms with Crippen LogP contribution in [0.25, 0.3) is 11.4 Å². The van der Waals surface area contributed by atoms with Gasteiger partial charge in [0, 0.05) is 0 Å². The first kappa shape index (κ1) is 13.2. The van der Waals surface area contributed by atoms with Crippen LogP contribution in [0.3, 0.4) is 0 Å². The summed E-state index contributed by atoms with van der Waals surface area (Å²) in [7, 11) is 0. The van der Waals surface area contributed by atoms with Crippen LogP contribution in [0, 0.1) is 5.82 Å². The minimum Gasteiger partial charge on any atom is -0.383 e. The molecule has 0 spiro atoms. The molecule has 0 radical (unpaired) electrons. The SMILES string of the molecule is CCc1nc(-c2cccc(Cl)c2F)nc(N)c1Br. The molecule has 18 heavy (non-hydrogen) atoms. The first-order valence-electron chi connectivity index (χ1n) is 5.30. The van der Waals surface area contributed by atoms with Gasteiger partial charge in [0.2, 0.25) is 0 Å². The van der Waals surface area contributed by atoms with Gasteiger partial charge in [0.25, 0.3) is 0 Å². The summed E-state index contributed by atoms with van der Waals surface area (Å²) >= 11 is 9.05. The van der Waals surface area contributed by atoms with Gasteiger partial charge in [-0.3, -0.25) is 0 Å². The lowest BCUT2D eigenvalue weighted by Gasteiger charge is -2.08. The highest BCUT2D eigenvalue weighted by atomic mass is 79.9. The molecule has 0 saturated carbocycles. The number of rotatable bonds is 2. The van der Waals surface area contributed by atoms with E-state index in [2.05, 4.69) is 25.9 Å². The maximum absolute atomic E-state index is 13.9. The molecular weight excluding hydrogens is 321 g/mol.